The van der Waals surface area contributed by atoms with Gasteiger partial charge in [-0.2, -0.15) is 0 Å². The maximum atomic E-state index is 13.4. The summed E-state index contributed by atoms with van der Waals surface area (Å²) in [5.74, 6) is 3.23. The first-order valence-corrected chi connectivity index (χ1v) is 33.1. The lowest BCUT2D eigenvalue weighted by atomic mass is 9.65. The van der Waals surface area contributed by atoms with E-state index in [9.17, 15) is 9.59 Å². The fourth-order valence-corrected chi connectivity index (χ4v) is 13.8. The molecule has 0 aromatic heterocycles. The van der Waals surface area contributed by atoms with Crippen molar-refractivity contribution in [2.24, 2.45) is 0 Å². The molecule has 11 aromatic rings. The lowest BCUT2D eigenvalue weighted by Crippen LogP contribution is -2.30. The van der Waals surface area contributed by atoms with Gasteiger partial charge in [0.1, 0.15) is 34.5 Å². The summed E-state index contributed by atoms with van der Waals surface area (Å²) >= 11 is 0. The molecule has 0 spiro atoms. The number of rotatable bonds is 20. The summed E-state index contributed by atoms with van der Waals surface area (Å²) in [5, 5.41) is 0. The van der Waals surface area contributed by atoms with Crippen molar-refractivity contribution in [3.8, 4) is 34.5 Å². The van der Waals surface area contributed by atoms with Gasteiger partial charge in [-0.15, -0.1) is 0 Å². The highest BCUT2D eigenvalue weighted by atomic mass is 16.7. The van der Waals surface area contributed by atoms with Crippen LogP contribution >= 0.6 is 0 Å². The van der Waals surface area contributed by atoms with Gasteiger partial charge in [-0.25, -0.2) is 9.59 Å². The second-order valence-corrected chi connectivity index (χ2v) is 24.6. The van der Waals surface area contributed by atoms with Crippen molar-refractivity contribution in [2.45, 2.75) is 75.0 Å². The van der Waals surface area contributed by atoms with E-state index in [2.05, 4.69) is 180 Å². The van der Waals surface area contributed by atoms with E-state index in [1.54, 1.807) is 26.4 Å². The van der Waals surface area contributed by atoms with Crippen molar-refractivity contribution in [3.63, 3.8) is 0 Å². The number of anilines is 6. The van der Waals surface area contributed by atoms with Crippen LogP contribution in [0.3, 0.4) is 0 Å². The van der Waals surface area contributed by atoms with E-state index in [0.29, 0.717) is 23.0 Å². The van der Waals surface area contributed by atoms with Crippen LogP contribution in [0.15, 0.2) is 279 Å². The minimum Gasteiger partial charge on any atom is -0.497 e. The van der Waals surface area contributed by atoms with Crippen LogP contribution in [0.2, 0.25) is 0 Å². The summed E-state index contributed by atoms with van der Waals surface area (Å²) in [6, 6.07) is 93.0. The quantitative estimate of drug-likeness (QED) is 0.0417. The molecular weight excluding hydrogens is 1190 g/mol. The average Bonchev–Trinajstić information content (AvgIpc) is 0.781. The Bertz CT molecular complexity index is 4160. The average molecular weight is 1270 g/mol. The molecule has 13 rings (SSSR count). The van der Waals surface area contributed by atoms with Gasteiger partial charge in [0, 0.05) is 57.1 Å². The Morgan fingerprint density at radius 1 is 0.281 bits per heavy atom. The van der Waals surface area contributed by atoms with Gasteiger partial charge >= 0.3 is 12.3 Å². The maximum Gasteiger partial charge on any atom is 0.519 e. The third-order valence-electron chi connectivity index (χ3n) is 18.6. The number of carbonyl (C=O) groups is 2. The molecule has 478 valence electrons. The molecule has 0 saturated heterocycles. The van der Waals surface area contributed by atoms with Crippen molar-refractivity contribution in [1.29, 1.82) is 0 Å². The van der Waals surface area contributed by atoms with E-state index in [1.807, 2.05) is 121 Å². The lowest BCUT2D eigenvalue weighted by Gasteiger charge is -2.38. The normalized spacial score (nSPS) is 14.1. The summed E-state index contributed by atoms with van der Waals surface area (Å²) < 4.78 is 34.1. The maximum absolute atomic E-state index is 13.4. The molecule has 2 fully saturated rings. The summed E-state index contributed by atoms with van der Waals surface area (Å²) in [7, 11) is 3.38. The number of para-hydroxylation sites is 2. The molecule has 0 N–H and O–H groups in total. The van der Waals surface area contributed by atoms with E-state index < -0.39 is 12.3 Å². The highest BCUT2D eigenvalue weighted by molar-refractivity contribution is 5.82. The van der Waals surface area contributed by atoms with Crippen molar-refractivity contribution in [2.75, 3.05) is 24.0 Å². The van der Waals surface area contributed by atoms with Gasteiger partial charge in [0.2, 0.25) is 0 Å². The first-order valence-electron chi connectivity index (χ1n) is 33.1. The molecule has 96 heavy (non-hydrogen) atoms. The lowest BCUT2D eigenvalue weighted by molar-refractivity contribution is 0.150. The van der Waals surface area contributed by atoms with E-state index in [4.69, 9.17) is 28.4 Å². The number of benzene rings is 11. The molecule has 10 nitrogen and oxygen atoms in total. The van der Waals surface area contributed by atoms with Crippen molar-refractivity contribution in [1.82, 2.24) is 0 Å². The number of carbonyl (C=O) groups excluding carboxylic acids is 2. The van der Waals surface area contributed by atoms with Crippen LogP contribution in [0.4, 0.5) is 43.7 Å². The van der Waals surface area contributed by atoms with Crippen molar-refractivity contribution >= 4 is 70.7 Å². The Kier molecular flexibility index (Phi) is 19.6. The largest absolute Gasteiger partial charge is 0.519 e. The zero-order chi connectivity index (χ0) is 65.5. The van der Waals surface area contributed by atoms with Crippen LogP contribution in [0, 0.1) is 0 Å². The number of ether oxygens (including phenoxy) is 6. The van der Waals surface area contributed by atoms with Gasteiger partial charge in [0.15, 0.2) is 0 Å². The van der Waals surface area contributed by atoms with Gasteiger partial charge in [0.25, 0.3) is 0 Å². The number of hydrogen-bond donors (Lipinski definition) is 0. The molecule has 0 radical (unpaired) electrons. The van der Waals surface area contributed by atoms with Crippen molar-refractivity contribution < 1.29 is 38.0 Å². The van der Waals surface area contributed by atoms with Crippen LogP contribution in [0.5, 0.6) is 34.5 Å². The van der Waals surface area contributed by atoms with Gasteiger partial charge in [0.05, 0.1) is 14.2 Å². The van der Waals surface area contributed by atoms with Crippen LogP contribution in [0.1, 0.15) is 109 Å². The Labute approximate surface area is 562 Å². The standard InChI is InChI=1S/C86H76N2O8/c1-91-77-48-36-67(37-49-77)85(56-11-5-12-57-85)69-40-52-79(53-41-69)93-83(89)95-81-26-16-24-75(61-81)87(71-20-7-3-8-21-71)73-44-32-63(33-45-73)28-30-65-18-15-19-66(60-65)31-29-64-34-46-74(47-35-64)88(72-22-9-4-10-23-72)76-25-17-27-82(62-76)96-84(90)94-80-54-42-70(43-55-80)86(58-13-6-14-59-86)68-38-50-78(92-2)51-39-68/h3-4,7-10,15-55,60-62H,5-6,11-14,56-59H2,1-2H3/b30-28+,31-29+. The Hall–Kier alpha value is -11.4. The molecule has 2 aliphatic rings. The minimum atomic E-state index is -0.813. The smallest absolute Gasteiger partial charge is 0.497 e. The molecule has 11 aromatic carbocycles. The fraction of sp³-hybridized carbons (Fsp3) is 0.163. The summed E-state index contributed by atoms with van der Waals surface area (Å²) in [4.78, 5) is 31.0. The van der Waals surface area contributed by atoms with E-state index >= 15 is 0 Å². The zero-order valence-electron chi connectivity index (χ0n) is 54.1. The molecule has 2 aliphatic carbocycles. The molecule has 0 amide bonds. The third kappa shape index (κ3) is 14.8. The van der Waals surface area contributed by atoms with Crippen LogP contribution in [0.25, 0.3) is 24.3 Å². The second kappa shape index (κ2) is 29.7. The Morgan fingerprint density at radius 3 is 0.938 bits per heavy atom. The summed E-state index contributed by atoms with van der Waals surface area (Å²) in [6.45, 7) is 0. The molecule has 0 aliphatic heterocycles. The third-order valence-corrected chi connectivity index (χ3v) is 18.6. The second-order valence-electron chi connectivity index (χ2n) is 24.6. The van der Waals surface area contributed by atoms with Crippen molar-refractivity contribution in [3.05, 3.63) is 324 Å². The molecule has 0 heterocycles. The Balaban J connectivity index is 0.639. The molecule has 0 unspecified atom stereocenters. The van der Waals surface area contributed by atoms with Crippen LogP contribution < -0.4 is 38.2 Å². The predicted octanol–water partition coefficient (Wildman–Crippen LogP) is 22.6. The first kappa shape index (κ1) is 63.4. The Morgan fingerprint density at radius 2 is 0.583 bits per heavy atom. The van der Waals surface area contributed by atoms with Crippen LogP contribution in [-0.2, 0) is 10.8 Å². The summed E-state index contributed by atoms with van der Waals surface area (Å²) in [5.41, 5.74) is 14.3. The van der Waals surface area contributed by atoms with E-state index in [1.165, 1.54) is 35.1 Å². The molecule has 0 atom stereocenters. The zero-order valence-corrected chi connectivity index (χ0v) is 54.1. The molecule has 2 saturated carbocycles. The van der Waals surface area contributed by atoms with Gasteiger partial charge in [-0.1, -0.05) is 202 Å². The number of hydrogen-bond acceptors (Lipinski definition) is 10. The summed E-state index contributed by atoms with van der Waals surface area (Å²) in [6.07, 6.45) is 18.1. The number of nitrogens with zero attached hydrogens (tertiary/aromatic N) is 2. The van der Waals surface area contributed by atoms with Crippen LogP contribution in [-0.4, -0.2) is 26.5 Å². The highest BCUT2D eigenvalue weighted by Crippen LogP contribution is 2.48. The molecule has 0 bridgehead atoms. The predicted molar refractivity (Wildman–Crippen MR) is 386 cm³/mol. The SMILES string of the molecule is COc1ccc(C2(c3ccc(OC(=O)Oc4cccc(N(c5ccccc5)c5ccc(/C=C/c6cccc(/C=C/c7ccc(N(c8ccccc8)c8cccc(OC(=O)Oc9ccc(C%10(c%11ccc(OC)cc%11)CCCCC%10)cc9)c8)cc7)c6)cc5)c4)cc3)CCCCC2)cc1. The fourth-order valence-electron chi connectivity index (χ4n) is 13.8. The van der Waals surface area contributed by atoms with Gasteiger partial charge in [-0.3, -0.25) is 0 Å². The van der Waals surface area contributed by atoms with E-state index in [0.717, 1.165) is 119 Å². The highest BCUT2D eigenvalue weighted by Gasteiger charge is 2.37. The number of methoxy groups -OCH3 is 2. The first-order chi connectivity index (χ1) is 47.2. The molecular formula is C86H76N2O8. The topological polar surface area (TPSA) is 96.0 Å². The van der Waals surface area contributed by atoms with E-state index in [-0.39, 0.29) is 10.8 Å². The monoisotopic (exact) mass is 1260 g/mol. The van der Waals surface area contributed by atoms with Gasteiger partial charge < -0.3 is 38.2 Å². The molecule has 10 heteroatoms. The van der Waals surface area contributed by atoms with Gasteiger partial charge in [-0.05, 0) is 198 Å². The minimum absolute atomic E-state index is 0.110.